The normalized spacial score (nSPS) is 20.5. The van der Waals surface area contributed by atoms with Crippen molar-refractivity contribution in [3.63, 3.8) is 0 Å². The fourth-order valence-electron chi connectivity index (χ4n) is 2.96. The van der Waals surface area contributed by atoms with Crippen molar-refractivity contribution in [1.29, 1.82) is 0 Å². The molecular weight excluding hydrogens is 310 g/mol. The molecule has 0 radical (unpaired) electrons. The number of hydrogen-bond donors (Lipinski definition) is 2. The summed E-state index contributed by atoms with van der Waals surface area (Å²) in [6, 6.07) is 4.73. The third-order valence-corrected chi connectivity index (χ3v) is 4.32. The van der Waals surface area contributed by atoms with Gasteiger partial charge in [0.2, 0.25) is 0 Å². The van der Waals surface area contributed by atoms with E-state index in [2.05, 4.69) is 10.3 Å². The van der Waals surface area contributed by atoms with Crippen LogP contribution in [0.1, 0.15) is 36.0 Å². The van der Waals surface area contributed by atoms with Gasteiger partial charge in [-0.1, -0.05) is 0 Å². The van der Waals surface area contributed by atoms with E-state index in [0.717, 1.165) is 25.7 Å². The zero-order valence-corrected chi connectivity index (χ0v) is 13.1. The van der Waals surface area contributed by atoms with Gasteiger partial charge in [0.15, 0.2) is 0 Å². The molecule has 1 aromatic heterocycles. The van der Waals surface area contributed by atoms with Crippen molar-refractivity contribution in [2.24, 2.45) is 5.73 Å². The quantitative estimate of drug-likeness (QED) is 0.655. The summed E-state index contributed by atoms with van der Waals surface area (Å²) in [5.41, 5.74) is 6.38. The highest BCUT2D eigenvalue weighted by Gasteiger charge is 2.23. The van der Waals surface area contributed by atoms with Gasteiger partial charge in [-0.15, -0.1) is 0 Å². The minimum atomic E-state index is -0.494. The molecule has 0 unspecified atom stereocenters. The van der Waals surface area contributed by atoms with Gasteiger partial charge < -0.3 is 15.6 Å². The molecule has 1 saturated carbocycles. The number of nitrogens with one attached hydrogen (secondary N) is 1. The van der Waals surface area contributed by atoms with Crippen LogP contribution in [0.2, 0.25) is 0 Å². The van der Waals surface area contributed by atoms with Crippen LogP contribution in [-0.2, 0) is 0 Å². The summed E-state index contributed by atoms with van der Waals surface area (Å²) in [6.45, 7) is 0. The first kappa shape index (κ1) is 16.1. The van der Waals surface area contributed by atoms with Crippen molar-refractivity contribution in [3.05, 3.63) is 52.6 Å². The minimum absolute atomic E-state index is 0.0738. The Balaban J connectivity index is 1.80. The van der Waals surface area contributed by atoms with Crippen LogP contribution in [0.5, 0.6) is 0 Å². The maximum Gasteiger partial charge on any atom is 0.294 e. The molecule has 0 spiro atoms. The Morgan fingerprint density at radius 1 is 1.33 bits per heavy atom. The molecule has 8 heteroatoms. The lowest BCUT2D eigenvalue weighted by Crippen LogP contribution is -2.40. The first-order valence-corrected chi connectivity index (χ1v) is 7.88. The van der Waals surface area contributed by atoms with Crippen LogP contribution < -0.4 is 11.1 Å². The molecule has 0 atom stereocenters. The van der Waals surface area contributed by atoms with E-state index in [1.807, 2.05) is 0 Å². The second-order valence-electron chi connectivity index (χ2n) is 6.02. The van der Waals surface area contributed by atoms with Gasteiger partial charge in [0, 0.05) is 36.1 Å². The first-order chi connectivity index (χ1) is 11.5. The lowest BCUT2D eigenvalue weighted by atomic mass is 9.91. The van der Waals surface area contributed by atoms with Gasteiger partial charge in [-0.05, 0) is 37.8 Å². The molecular formula is C16H19N5O3. The molecule has 1 amide bonds. The molecule has 1 fully saturated rings. The summed E-state index contributed by atoms with van der Waals surface area (Å²) in [7, 11) is 0. The molecule has 126 valence electrons. The zero-order valence-electron chi connectivity index (χ0n) is 13.1. The van der Waals surface area contributed by atoms with Gasteiger partial charge in [-0.2, -0.15) is 0 Å². The highest BCUT2D eigenvalue weighted by atomic mass is 16.6. The molecule has 0 saturated heterocycles. The average molecular weight is 329 g/mol. The van der Waals surface area contributed by atoms with Crippen molar-refractivity contribution in [1.82, 2.24) is 14.9 Å². The highest BCUT2D eigenvalue weighted by Crippen LogP contribution is 2.24. The van der Waals surface area contributed by atoms with E-state index in [1.54, 1.807) is 22.9 Å². The van der Waals surface area contributed by atoms with Crippen LogP contribution in [0.25, 0.3) is 5.69 Å². The molecule has 0 aliphatic heterocycles. The largest absolute Gasteiger partial charge is 0.349 e. The standard InChI is InChI=1S/C16H19N5O3/c17-12-2-4-13(5-3-12)19-16(22)11-1-6-14(15(9-11)21(23)24)20-8-7-18-10-20/h1,6-10,12-13H,2-5,17H2,(H,19,22). The predicted octanol–water partition coefficient (Wildman–Crippen LogP) is 1.78. The predicted molar refractivity (Wildman–Crippen MR) is 87.9 cm³/mol. The first-order valence-electron chi connectivity index (χ1n) is 7.88. The Kier molecular flexibility index (Phi) is 4.57. The van der Waals surface area contributed by atoms with Gasteiger partial charge in [-0.25, -0.2) is 4.98 Å². The summed E-state index contributed by atoms with van der Waals surface area (Å²) in [4.78, 5) is 27.1. The number of carbonyl (C=O) groups excluding carboxylic acids is 1. The summed E-state index contributed by atoms with van der Waals surface area (Å²) in [5, 5.41) is 14.3. The van der Waals surface area contributed by atoms with Crippen LogP contribution >= 0.6 is 0 Å². The van der Waals surface area contributed by atoms with Crippen molar-refractivity contribution in [2.75, 3.05) is 0 Å². The number of imidazole rings is 1. The Morgan fingerprint density at radius 2 is 2.08 bits per heavy atom. The number of hydrogen-bond acceptors (Lipinski definition) is 5. The average Bonchev–Trinajstić information content (AvgIpc) is 3.10. The van der Waals surface area contributed by atoms with Crippen molar-refractivity contribution >= 4 is 11.6 Å². The summed E-state index contributed by atoms with van der Waals surface area (Å²) < 4.78 is 1.54. The third kappa shape index (κ3) is 3.43. The number of aromatic nitrogens is 2. The second kappa shape index (κ2) is 6.79. The molecule has 2 aromatic rings. The van der Waals surface area contributed by atoms with Crippen LogP contribution in [-0.4, -0.2) is 32.5 Å². The van der Waals surface area contributed by atoms with E-state index in [9.17, 15) is 14.9 Å². The molecule has 24 heavy (non-hydrogen) atoms. The third-order valence-electron chi connectivity index (χ3n) is 4.32. The molecule has 3 rings (SSSR count). The number of carbonyl (C=O) groups is 1. The zero-order chi connectivity index (χ0) is 17.1. The van der Waals surface area contributed by atoms with E-state index in [-0.39, 0.29) is 29.2 Å². The Morgan fingerprint density at radius 3 is 2.71 bits per heavy atom. The molecule has 1 aromatic carbocycles. The molecule has 0 bridgehead atoms. The molecule has 8 nitrogen and oxygen atoms in total. The topological polar surface area (TPSA) is 116 Å². The van der Waals surface area contributed by atoms with Gasteiger partial charge in [0.05, 0.1) is 11.3 Å². The monoisotopic (exact) mass is 329 g/mol. The number of nitro benzene ring substituents is 1. The maximum atomic E-state index is 12.4. The molecule has 3 N–H and O–H groups in total. The molecule has 1 heterocycles. The SMILES string of the molecule is NC1CCC(NC(=O)c2ccc(-n3ccnc3)c([N+](=O)[O-])c2)CC1. The van der Waals surface area contributed by atoms with Crippen LogP contribution in [0.4, 0.5) is 5.69 Å². The van der Waals surface area contributed by atoms with Crippen LogP contribution in [0.15, 0.2) is 36.9 Å². The fraction of sp³-hybridized carbons (Fsp3) is 0.375. The van der Waals surface area contributed by atoms with Gasteiger partial charge in [0.1, 0.15) is 5.69 Å². The smallest absolute Gasteiger partial charge is 0.294 e. The van der Waals surface area contributed by atoms with Gasteiger partial charge >= 0.3 is 0 Å². The van der Waals surface area contributed by atoms with Gasteiger partial charge in [0.25, 0.3) is 11.6 Å². The Hall–Kier alpha value is -2.74. The highest BCUT2D eigenvalue weighted by molar-refractivity contribution is 5.95. The Bertz CT molecular complexity index is 736. The van der Waals surface area contributed by atoms with E-state index >= 15 is 0 Å². The molecule has 1 aliphatic carbocycles. The summed E-state index contributed by atoms with van der Waals surface area (Å²) in [6.07, 6.45) is 8.07. The summed E-state index contributed by atoms with van der Waals surface area (Å²) >= 11 is 0. The summed E-state index contributed by atoms with van der Waals surface area (Å²) in [5.74, 6) is -0.296. The Labute approximate surface area is 138 Å². The van der Waals surface area contributed by atoms with Crippen LogP contribution in [0.3, 0.4) is 0 Å². The van der Waals surface area contributed by atoms with E-state index in [0.29, 0.717) is 5.69 Å². The number of nitrogens with zero attached hydrogens (tertiary/aromatic N) is 3. The van der Waals surface area contributed by atoms with Crippen molar-refractivity contribution in [2.45, 2.75) is 37.8 Å². The molecule has 1 aliphatic rings. The van der Waals surface area contributed by atoms with Crippen LogP contribution in [0, 0.1) is 10.1 Å². The van der Waals surface area contributed by atoms with Gasteiger partial charge in [-0.3, -0.25) is 14.9 Å². The number of nitrogens with two attached hydrogens (primary N) is 1. The number of rotatable bonds is 4. The van der Waals surface area contributed by atoms with Crippen molar-refractivity contribution < 1.29 is 9.72 Å². The lowest BCUT2D eigenvalue weighted by Gasteiger charge is -2.26. The minimum Gasteiger partial charge on any atom is -0.349 e. The number of benzene rings is 1. The van der Waals surface area contributed by atoms with Crippen molar-refractivity contribution in [3.8, 4) is 5.69 Å². The second-order valence-corrected chi connectivity index (χ2v) is 6.02. The maximum absolute atomic E-state index is 12.4. The lowest BCUT2D eigenvalue weighted by molar-refractivity contribution is -0.384. The van der Waals surface area contributed by atoms with E-state index in [4.69, 9.17) is 5.73 Å². The van der Waals surface area contributed by atoms with E-state index in [1.165, 1.54) is 18.6 Å². The number of nitro groups is 1. The fourth-order valence-corrected chi connectivity index (χ4v) is 2.96. The number of amides is 1. The van der Waals surface area contributed by atoms with E-state index < -0.39 is 4.92 Å².